The molecule has 0 amide bonds. The van der Waals surface area contributed by atoms with Crippen LogP contribution in [-0.2, 0) is 0 Å². The van der Waals surface area contributed by atoms with E-state index in [1.165, 1.54) is 22.9 Å². The van der Waals surface area contributed by atoms with Crippen molar-refractivity contribution in [3.05, 3.63) is 69.8 Å². The summed E-state index contributed by atoms with van der Waals surface area (Å²) in [7, 11) is 0. The number of nitrogens with one attached hydrogen (secondary N) is 1. The van der Waals surface area contributed by atoms with Gasteiger partial charge in [-0.3, -0.25) is 9.36 Å². The second kappa shape index (κ2) is 7.63. The van der Waals surface area contributed by atoms with E-state index in [4.69, 9.17) is 22.7 Å². The van der Waals surface area contributed by atoms with Crippen LogP contribution in [0, 0.1) is 11.3 Å². The van der Waals surface area contributed by atoms with Gasteiger partial charge >= 0.3 is 0 Å². The maximum absolute atomic E-state index is 13.9. The van der Waals surface area contributed by atoms with Crippen LogP contribution in [0.2, 0.25) is 5.02 Å². The van der Waals surface area contributed by atoms with Gasteiger partial charge in [-0.25, -0.2) is 9.37 Å². The predicted octanol–water partition coefficient (Wildman–Crippen LogP) is 1.74. The minimum Gasteiger partial charge on any atom is -0.384 e. The molecule has 0 aromatic carbocycles. The van der Waals surface area contributed by atoms with E-state index in [0.29, 0.717) is 17.9 Å². The third-order valence-corrected chi connectivity index (χ3v) is 4.50. The minimum absolute atomic E-state index is 0.199. The summed E-state index contributed by atoms with van der Waals surface area (Å²) in [6, 6.07) is 3.19. The van der Waals surface area contributed by atoms with E-state index < -0.39 is 11.7 Å². The number of anilines is 1. The molecule has 26 heavy (non-hydrogen) atoms. The van der Waals surface area contributed by atoms with Gasteiger partial charge in [0.05, 0.1) is 29.4 Å². The number of aromatic nitrogens is 2. The van der Waals surface area contributed by atoms with Gasteiger partial charge in [0.25, 0.3) is 5.56 Å². The number of alkyl halides is 1. The number of hydrogen-bond donors (Lipinski definition) is 3. The number of nitrogens with two attached hydrogens (primary N) is 2. The molecular formula is C18H18ClFN5O+. The molecule has 0 bridgehead atoms. The molecule has 0 saturated carbocycles. The van der Waals surface area contributed by atoms with Gasteiger partial charge in [-0.15, -0.1) is 0 Å². The fourth-order valence-corrected chi connectivity index (χ4v) is 3.00. The highest BCUT2D eigenvalue weighted by Gasteiger charge is 2.21. The Morgan fingerprint density at radius 3 is 2.92 bits per heavy atom. The second-order valence-corrected chi connectivity index (χ2v) is 6.29. The van der Waals surface area contributed by atoms with E-state index in [-0.39, 0.29) is 22.3 Å². The Hall–Kier alpha value is -2.77. The molecule has 134 valence electrons. The van der Waals surface area contributed by atoms with Gasteiger partial charge in [-0.05, 0) is 6.08 Å². The number of rotatable bonds is 5. The SMILES string of the molecule is N=Cc1c([NH2+]CC2C=CC=CC2F)ccn(-c2cc(N)ncc2Cl)c1=O. The third kappa shape index (κ3) is 3.58. The van der Waals surface area contributed by atoms with Crippen molar-refractivity contribution in [2.45, 2.75) is 6.17 Å². The summed E-state index contributed by atoms with van der Waals surface area (Å²) < 4.78 is 15.2. The van der Waals surface area contributed by atoms with Crippen LogP contribution in [-0.4, -0.2) is 28.5 Å². The summed E-state index contributed by atoms with van der Waals surface area (Å²) >= 11 is 6.12. The van der Waals surface area contributed by atoms with Crippen molar-refractivity contribution < 1.29 is 9.71 Å². The van der Waals surface area contributed by atoms with Crippen molar-refractivity contribution in [1.82, 2.24) is 9.55 Å². The first kappa shape index (κ1) is 18.0. The van der Waals surface area contributed by atoms with Gasteiger partial charge in [0, 0.05) is 24.5 Å². The molecule has 0 saturated heterocycles. The van der Waals surface area contributed by atoms with Crippen LogP contribution in [0.5, 0.6) is 0 Å². The molecule has 1 aliphatic rings. The quantitative estimate of drug-likeness (QED) is 0.695. The van der Waals surface area contributed by atoms with Gasteiger partial charge in [-0.2, -0.15) is 0 Å². The molecule has 2 unspecified atom stereocenters. The Bertz CT molecular complexity index is 953. The first-order valence-electron chi connectivity index (χ1n) is 8.01. The number of pyridine rings is 2. The van der Waals surface area contributed by atoms with Gasteiger partial charge in [0.15, 0.2) is 0 Å². The normalized spacial score (nSPS) is 18.8. The summed E-state index contributed by atoms with van der Waals surface area (Å²) in [6.07, 6.45) is 9.65. The van der Waals surface area contributed by atoms with E-state index in [0.717, 1.165) is 6.21 Å². The third-order valence-electron chi connectivity index (χ3n) is 4.21. The summed E-state index contributed by atoms with van der Waals surface area (Å²) in [4.78, 5) is 16.6. The highest BCUT2D eigenvalue weighted by Crippen LogP contribution is 2.20. The first-order chi connectivity index (χ1) is 12.5. The zero-order valence-corrected chi connectivity index (χ0v) is 14.5. The van der Waals surface area contributed by atoms with Crippen molar-refractivity contribution in [2.75, 3.05) is 12.3 Å². The smallest absolute Gasteiger partial charge is 0.270 e. The van der Waals surface area contributed by atoms with Crippen LogP contribution in [0.25, 0.3) is 5.69 Å². The van der Waals surface area contributed by atoms with Crippen LogP contribution in [0.1, 0.15) is 5.56 Å². The second-order valence-electron chi connectivity index (χ2n) is 5.88. The number of quaternary nitrogens is 1. The summed E-state index contributed by atoms with van der Waals surface area (Å²) in [6.45, 7) is 0.426. The zero-order valence-electron chi connectivity index (χ0n) is 13.8. The lowest BCUT2D eigenvalue weighted by atomic mass is 9.99. The Kier molecular flexibility index (Phi) is 5.29. The van der Waals surface area contributed by atoms with Gasteiger partial charge in [0.2, 0.25) is 0 Å². The van der Waals surface area contributed by atoms with Crippen LogP contribution < -0.4 is 16.6 Å². The maximum Gasteiger partial charge on any atom is 0.270 e. The van der Waals surface area contributed by atoms with Crippen molar-refractivity contribution in [3.8, 4) is 5.69 Å². The van der Waals surface area contributed by atoms with E-state index in [1.807, 2.05) is 0 Å². The lowest BCUT2D eigenvalue weighted by Crippen LogP contribution is -2.80. The number of hydrogen-bond acceptors (Lipinski definition) is 4. The number of nitrogens with zero attached hydrogens (tertiary/aromatic N) is 2. The van der Waals surface area contributed by atoms with Gasteiger partial charge < -0.3 is 16.5 Å². The number of allylic oxidation sites excluding steroid dienone is 3. The topological polar surface area (TPSA) is 101 Å². The predicted molar refractivity (Wildman–Crippen MR) is 100 cm³/mol. The Labute approximate surface area is 154 Å². The van der Waals surface area contributed by atoms with E-state index in [1.54, 1.807) is 35.8 Å². The fourth-order valence-electron chi connectivity index (χ4n) is 2.80. The molecule has 0 spiro atoms. The largest absolute Gasteiger partial charge is 0.384 e. The average Bonchev–Trinajstić information content (AvgIpc) is 2.63. The summed E-state index contributed by atoms with van der Waals surface area (Å²) in [5.41, 5.74) is 6.44. The molecule has 2 heterocycles. The lowest BCUT2D eigenvalue weighted by molar-refractivity contribution is -0.577. The highest BCUT2D eigenvalue weighted by molar-refractivity contribution is 6.32. The summed E-state index contributed by atoms with van der Waals surface area (Å²) in [5, 5.41) is 9.66. The summed E-state index contributed by atoms with van der Waals surface area (Å²) in [5.74, 6) is -0.0510. The van der Waals surface area contributed by atoms with Gasteiger partial charge in [0.1, 0.15) is 23.2 Å². The van der Waals surface area contributed by atoms with Crippen molar-refractivity contribution in [2.24, 2.45) is 5.92 Å². The molecule has 5 N–H and O–H groups in total. The molecule has 6 nitrogen and oxygen atoms in total. The molecule has 0 radical (unpaired) electrons. The van der Waals surface area contributed by atoms with Crippen LogP contribution in [0.4, 0.5) is 15.9 Å². The van der Waals surface area contributed by atoms with Crippen LogP contribution in [0.15, 0.2) is 53.6 Å². The van der Waals surface area contributed by atoms with Crippen LogP contribution >= 0.6 is 11.6 Å². The van der Waals surface area contributed by atoms with Gasteiger partial charge in [-0.1, -0.05) is 29.8 Å². The van der Waals surface area contributed by atoms with E-state index >= 15 is 0 Å². The maximum atomic E-state index is 13.9. The molecule has 0 aliphatic heterocycles. The molecule has 2 aromatic heterocycles. The lowest BCUT2D eigenvalue weighted by Gasteiger charge is -2.16. The Morgan fingerprint density at radius 1 is 1.42 bits per heavy atom. The standard InChI is InChI=1S/C18H17ClFN5O/c19-13-10-24-17(22)7-16(13)25-6-5-15(12(8-21)18(25)26)23-9-11-3-1-2-4-14(11)20/h1-8,10-11,14,21,23H,9H2,(H2,22,24)/p+1. The van der Waals surface area contributed by atoms with Crippen molar-refractivity contribution >= 4 is 29.3 Å². The molecule has 2 atom stereocenters. The number of halogens is 2. The minimum atomic E-state index is -1.06. The van der Waals surface area contributed by atoms with Crippen LogP contribution in [0.3, 0.4) is 0 Å². The zero-order chi connectivity index (χ0) is 18.7. The highest BCUT2D eigenvalue weighted by atomic mass is 35.5. The molecule has 1 aliphatic carbocycles. The molecule has 3 rings (SSSR count). The van der Waals surface area contributed by atoms with Crippen molar-refractivity contribution in [3.63, 3.8) is 0 Å². The monoisotopic (exact) mass is 374 g/mol. The van der Waals surface area contributed by atoms with Crippen molar-refractivity contribution in [1.29, 1.82) is 5.41 Å². The molecule has 2 aromatic rings. The fraction of sp³-hybridized carbons (Fsp3) is 0.167. The molecule has 0 fully saturated rings. The Balaban J connectivity index is 1.92. The molecular weight excluding hydrogens is 357 g/mol. The molecule has 8 heteroatoms. The average molecular weight is 375 g/mol. The number of nitrogen functional groups attached to an aromatic ring is 1. The van der Waals surface area contributed by atoms with E-state index in [2.05, 4.69) is 4.98 Å². The van der Waals surface area contributed by atoms with E-state index in [9.17, 15) is 9.18 Å². The first-order valence-corrected chi connectivity index (χ1v) is 8.39. The Morgan fingerprint density at radius 2 is 2.19 bits per heavy atom.